The first-order valence-corrected chi connectivity index (χ1v) is 10.4. The molecule has 0 bridgehead atoms. The first-order chi connectivity index (χ1) is 15.5. The molecular formula is C25H20FNO5. The number of rotatable bonds is 4. The Balaban J connectivity index is 1.59. The fraction of sp³-hybridized carbons (Fsp3) is 0.200. The van der Waals surface area contributed by atoms with Crippen LogP contribution in [0.4, 0.5) is 4.39 Å². The first kappa shape index (κ1) is 20.1. The largest absolute Gasteiger partial charge is 0.507 e. The smallest absolute Gasteiger partial charge is 0.296 e. The Kier molecular flexibility index (Phi) is 5.01. The van der Waals surface area contributed by atoms with E-state index in [4.69, 9.17) is 9.15 Å². The van der Waals surface area contributed by atoms with Gasteiger partial charge >= 0.3 is 0 Å². The first-order valence-electron chi connectivity index (χ1n) is 10.4. The summed E-state index contributed by atoms with van der Waals surface area (Å²) in [7, 11) is 0. The highest BCUT2D eigenvalue weighted by molar-refractivity contribution is 6.46. The number of aliphatic hydroxyl groups is 1. The Labute approximate surface area is 183 Å². The van der Waals surface area contributed by atoms with Crippen LogP contribution in [0, 0.1) is 5.82 Å². The van der Waals surface area contributed by atoms with Crippen molar-refractivity contribution >= 4 is 17.4 Å². The van der Waals surface area contributed by atoms with Gasteiger partial charge in [-0.15, -0.1) is 0 Å². The number of hydrogen-bond acceptors (Lipinski definition) is 5. The zero-order valence-electron chi connectivity index (χ0n) is 17.1. The minimum absolute atomic E-state index is 0.0382. The van der Waals surface area contributed by atoms with E-state index >= 15 is 0 Å². The lowest BCUT2D eigenvalue weighted by molar-refractivity contribution is -0.140. The fourth-order valence-corrected chi connectivity index (χ4v) is 4.24. The molecule has 5 rings (SSSR count). The predicted molar refractivity (Wildman–Crippen MR) is 113 cm³/mol. The summed E-state index contributed by atoms with van der Waals surface area (Å²) < 4.78 is 24.5. The van der Waals surface area contributed by atoms with Crippen molar-refractivity contribution in [2.24, 2.45) is 0 Å². The summed E-state index contributed by atoms with van der Waals surface area (Å²) in [6.07, 6.45) is 3.12. The van der Waals surface area contributed by atoms with E-state index in [1.807, 2.05) is 0 Å². The van der Waals surface area contributed by atoms with Crippen LogP contribution in [-0.2, 0) is 22.6 Å². The van der Waals surface area contributed by atoms with Crippen LogP contribution in [0.5, 0.6) is 5.75 Å². The zero-order valence-corrected chi connectivity index (χ0v) is 17.1. The number of aliphatic hydroxyl groups excluding tert-OH is 1. The molecule has 1 saturated heterocycles. The van der Waals surface area contributed by atoms with E-state index in [1.54, 1.807) is 42.5 Å². The number of furan rings is 1. The molecule has 1 amide bonds. The summed E-state index contributed by atoms with van der Waals surface area (Å²) in [5.41, 5.74) is 1.99. The number of carbonyl (C=O) groups is 2. The lowest BCUT2D eigenvalue weighted by Gasteiger charge is -2.23. The topological polar surface area (TPSA) is 80.0 Å². The molecule has 2 aromatic carbocycles. The van der Waals surface area contributed by atoms with E-state index in [2.05, 4.69) is 0 Å². The van der Waals surface area contributed by atoms with Gasteiger partial charge in [-0.3, -0.25) is 9.59 Å². The summed E-state index contributed by atoms with van der Waals surface area (Å²) in [6, 6.07) is 13.3. The molecule has 6 nitrogen and oxygen atoms in total. The molecule has 0 spiro atoms. The van der Waals surface area contributed by atoms with Crippen molar-refractivity contribution in [3.8, 4) is 5.75 Å². The molecule has 1 unspecified atom stereocenters. The Morgan fingerprint density at radius 2 is 1.94 bits per heavy atom. The second kappa shape index (κ2) is 8.00. The molecule has 3 aromatic rings. The van der Waals surface area contributed by atoms with Crippen molar-refractivity contribution in [3.05, 3.63) is 94.7 Å². The third-order valence-corrected chi connectivity index (χ3v) is 5.80. The Morgan fingerprint density at radius 3 is 2.69 bits per heavy atom. The number of fused-ring (bicyclic) bond motifs is 1. The van der Waals surface area contributed by atoms with E-state index in [-0.39, 0.29) is 17.9 Å². The maximum Gasteiger partial charge on any atom is 0.296 e. The van der Waals surface area contributed by atoms with Crippen LogP contribution in [0.25, 0.3) is 5.76 Å². The van der Waals surface area contributed by atoms with Crippen LogP contribution in [-0.4, -0.2) is 28.3 Å². The maximum atomic E-state index is 13.3. The second-order valence-corrected chi connectivity index (χ2v) is 7.84. The average molecular weight is 433 g/mol. The van der Waals surface area contributed by atoms with E-state index in [9.17, 15) is 19.1 Å². The van der Waals surface area contributed by atoms with Crippen LogP contribution >= 0.6 is 0 Å². The van der Waals surface area contributed by atoms with Gasteiger partial charge in [-0.25, -0.2) is 4.39 Å². The minimum Gasteiger partial charge on any atom is -0.507 e. The molecule has 2 aliphatic heterocycles. The molecule has 1 fully saturated rings. The average Bonchev–Trinajstić information content (AvgIpc) is 3.42. The lowest BCUT2D eigenvalue weighted by Crippen LogP contribution is -2.29. The van der Waals surface area contributed by atoms with Crippen molar-refractivity contribution < 1.29 is 28.2 Å². The van der Waals surface area contributed by atoms with Crippen molar-refractivity contribution in [2.45, 2.75) is 25.4 Å². The lowest BCUT2D eigenvalue weighted by atomic mass is 9.96. The molecule has 3 heterocycles. The number of ether oxygens (including phenoxy) is 1. The van der Waals surface area contributed by atoms with Crippen molar-refractivity contribution in [2.75, 3.05) is 6.61 Å². The summed E-state index contributed by atoms with van der Waals surface area (Å²) >= 11 is 0. The summed E-state index contributed by atoms with van der Waals surface area (Å²) in [4.78, 5) is 27.3. The standard InChI is InChI=1S/C25H20FNO5/c26-18-8-5-15(6-9-18)14-27-22(20-4-2-12-32-20)21(24(29)25(27)30)23(28)17-7-10-19-16(13-17)3-1-11-31-19/h2,4-10,12-13,22,28H,1,3,11,14H2/b23-21-. The summed E-state index contributed by atoms with van der Waals surface area (Å²) in [5.74, 6) is -1.09. The van der Waals surface area contributed by atoms with E-state index in [0.29, 0.717) is 23.5 Å². The van der Waals surface area contributed by atoms with Crippen LogP contribution in [0.15, 0.2) is 70.9 Å². The maximum absolute atomic E-state index is 13.3. The van der Waals surface area contributed by atoms with Gasteiger partial charge in [0.15, 0.2) is 0 Å². The van der Waals surface area contributed by atoms with Crippen molar-refractivity contribution in [1.82, 2.24) is 4.90 Å². The molecule has 162 valence electrons. The zero-order chi connectivity index (χ0) is 22.2. The summed E-state index contributed by atoms with van der Waals surface area (Å²) in [6.45, 7) is 0.705. The predicted octanol–water partition coefficient (Wildman–Crippen LogP) is 4.37. The Hall–Kier alpha value is -3.87. The number of nitrogens with zero attached hydrogens (tertiary/aromatic N) is 1. The second-order valence-electron chi connectivity index (χ2n) is 7.84. The number of likely N-dealkylation sites (tertiary alicyclic amines) is 1. The SMILES string of the molecule is O=C1C(=O)N(Cc2ccc(F)cc2)C(c2ccco2)/C1=C(/O)c1ccc2c(c1)CCCO2. The van der Waals surface area contributed by atoms with Crippen LogP contribution in [0.3, 0.4) is 0 Å². The minimum atomic E-state index is -0.901. The van der Waals surface area contributed by atoms with Gasteiger partial charge < -0.3 is 19.2 Å². The third kappa shape index (κ3) is 3.45. The normalized spacial score (nSPS) is 19.7. The van der Waals surface area contributed by atoms with E-state index in [1.165, 1.54) is 23.3 Å². The molecule has 1 N–H and O–H groups in total. The number of Topliss-reactive ketones (excluding diaryl/α,β-unsaturated/α-hetero) is 1. The number of aryl methyl sites for hydroxylation is 1. The van der Waals surface area contributed by atoms with Gasteiger partial charge in [-0.1, -0.05) is 12.1 Å². The van der Waals surface area contributed by atoms with Gasteiger partial charge in [-0.2, -0.15) is 0 Å². The van der Waals surface area contributed by atoms with Gasteiger partial charge in [0, 0.05) is 12.1 Å². The molecule has 1 atom stereocenters. The van der Waals surface area contributed by atoms with Crippen LogP contribution in [0.1, 0.15) is 34.9 Å². The third-order valence-electron chi connectivity index (χ3n) is 5.80. The van der Waals surface area contributed by atoms with E-state index in [0.717, 1.165) is 24.2 Å². The van der Waals surface area contributed by atoms with Gasteiger partial charge in [0.1, 0.15) is 29.1 Å². The Bertz CT molecular complexity index is 1210. The molecule has 7 heteroatoms. The summed E-state index contributed by atoms with van der Waals surface area (Å²) in [5, 5.41) is 11.1. The highest BCUT2D eigenvalue weighted by Gasteiger charge is 2.47. The Morgan fingerprint density at radius 1 is 1.12 bits per heavy atom. The molecule has 1 aromatic heterocycles. The van der Waals surface area contributed by atoms with Crippen LogP contribution in [0.2, 0.25) is 0 Å². The molecule has 32 heavy (non-hydrogen) atoms. The number of benzene rings is 2. The van der Waals surface area contributed by atoms with Crippen molar-refractivity contribution in [1.29, 1.82) is 0 Å². The molecular weight excluding hydrogens is 413 g/mol. The molecule has 0 radical (unpaired) electrons. The van der Waals surface area contributed by atoms with Crippen molar-refractivity contribution in [3.63, 3.8) is 0 Å². The van der Waals surface area contributed by atoms with E-state index < -0.39 is 23.5 Å². The highest BCUT2D eigenvalue weighted by atomic mass is 19.1. The number of hydrogen-bond donors (Lipinski definition) is 1. The number of carbonyl (C=O) groups excluding carboxylic acids is 2. The molecule has 0 saturated carbocycles. The molecule has 0 aliphatic carbocycles. The van der Waals surface area contributed by atoms with Gasteiger partial charge in [0.25, 0.3) is 11.7 Å². The quantitative estimate of drug-likeness (QED) is 0.376. The number of ketones is 1. The van der Waals surface area contributed by atoms with Crippen LogP contribution < -0.4 is 4.74 Å². The highest BCUT2D eigenvalue weighted by Crippen LogP contribution is 2.41. The van der Waals surface area contributed by atoms with Gasteiger partial charge in [-0.05, 0) is 66.4 Å². The van der Waals surface area contributed by atoms with Gasteiger partial charge in [0.2, 0.25) is 0 Å². The number of halogens is 1. The monoisotopic (exact) mass is 433 g/mol. The molecule has 2 aliphatic rings. The van der Waals surface area contributed by atoms with Gasteiger partial charge in [0.05, 0.1) is 18.4 Å². The fourth-order valence-electron chi connectivity index (χ4n) is 4.24. The number of amides is 1.